The summed E-state index contributed by atoms with van der Waals surface area (Å²) in [6.07, 6.45) is 1.24. The Bertz CT molecular complexity index is 308. The van der Waals surface area contributed by atoms with Crippen molar-refractivity contribution in [3.8, 4) is 0 Å². The van der Waals surface area contributed by atoms with Gasteiger partial charge >= 0.3 is 6.03 Å². The third-order valence-corrected chi connectivity index (χ3v) is 3.41. The van der Waals surface area contributed by atoms with Gasteiger partial charge in [-0.1, -0.05) is 27.7 Å². The van der Waals surface area contributed by atoms with Crippen LogP contribution in [-0.2, 0) is 4.79 Å². The third kappa shape index (κ3) is 6.57. The van der Waals surface area contributed by atoms with Gasteiger partial charge in [-0.2, -0.15) is 0 Å². The number of rotatable bonds is 4. The van der Waals surface area contributed by atoms with E-state index in [2.05, 4.69) is 24.5 Å². The van der Waals surface area contributed by atoms with Crippen LogP contribution in [0.5, 0.6) is 0 Å². The summed E-state index contributed by atoms with van der Waals surface area (Å²) in [4.78, 5) is 24.5. The van der Waals surface area contributed by atoms with E-state index in [1.807, 2.05) is 13.8 Å². The van der Waals surface area contributed by atoms with E-state index in [4.69, 9.17) is 0 Å². The summed E-state index contributed by atoms with van der Waals surface area (Å²) in [5, 5.41) is 5.09. The molecule has 5 nitrogen and oxygen atoms in total. The molecule has 0 radical (unpaired) electrons. The molecule has 1 aliphatic rings. The zero-order chi connectivity index (χ0) is 14.4. The van der Waals surface area contributed by atoms with Crippen LogP contribution in [0, 0.1) is 17.8 Å². The summed E-state index contributed by atoms with van der Waals surface area (Å²) in [5.74, 6) is 1.51. The minimum absolute atomic E-state index is 0.183. The number of hydrogen-bond donors (Lipinski definition) is 3. The van der Waals surface area contributed by atoms with Crippen LogP contribution in [0.25, 0.3) is 0 Å². The van der Waals surface area contributed by atoms with Gasteiger partial charge in [0.25, 0.3) is 5.91 Å². The molecule has 1 saturated heterocycles. The summed E-state index contributed by atoms with van der Waals surface area (Å²) < 4.78 is 0. The Hall–Kier alpha value is -1.10. The summed E-state index contributed by atoms with van der Waals surface area (Å²) in [6, 6.07) is -0.379. The van der Waals surface area contributed by atoms with E-state index in [0.29, 0.717) is 30.8 Å². The molecular formula is C14H28N3O2+. The summed E-state index contributed by atoms with van der Waals surface area (Å²) in [5.41, 5.74) is 0. The highest BCUT2D eigenvalue weighted by Gasteiger charge is 2.27. The average Bonchev–Trinajstić information content (AvgIpc) is 2.24. The van der Waals surface area contributed by atoms with E-state index in [0.717, 1.165) is 13.1 Å². The molecule has 0 spiro atoms. The lowest BCUT2D eigenvalue weighted by molar-refractivity contribution is -0.904. The monoisotopic (exact) mass is 270 g/mol. The van der Waals surface area contributed by atoms with Crippen LogP contribution in [-0.4, -0.2) is 38.1 Å². The van der Waals surface area contributed by atoms with Gasteiger partial charge in [-0.15, -0.1) is 0 Å². The highest BCUT2D eigenvalue weighted by atomic mass is 16.2. The largest absolute Gasteiger partial charge is 0.338 e. The van der Waals surface area contributed by atoms with Gasteiger partial charge in [0.05, 0.1) is 13.1 Å². The first-order valence-electron chi connectivity index (χ1n) is 7.28. The fraction of sp³-hybridized carbons (Fsp3) is 0.857. The summed E-state index contributed by atoms with van der Waals surface area (Å²) >= 11 is 0. The fourth-order valence-electron chi connectivity index (χ4n) is 2.81. The molecule has 2 atom stereocenters. The minimum atomic E-state index is -0.379. The van der Waals surface area contributed by atoms with Crippen LogP contribution in [0.1, 0.15) is 34.1 Å². The normalized spacial score (nSPS) is 27.1. The van der Waals surface area contributed by atoms with Gasteiger partial charge in [-0.05, 0) is 12.3 Å². The van der Waals surface area contributed by atoms with Crippen molar-refractivity contribution < 1.29 is 14.5 Å². The molecule has 1 rings (SSSR count). The number of piperidine rings is 1. The molecular weight excluding hydrogens is 242 g/mol. The molecule has 0 aromatic rings. The zero-order valence-electron chi connectivity index (χ0n) is 12.6. The first kappa shape index (κ1) is 16.0. The van der Waals surface area contributed by atoms with Gasteiger partial charge < -0.3 is 10.2 Å². The molecule has 0 aromatic heterocycles. The van der Waals surface area contributed by atoms with Crippen LogP contribution in [0.4, 0.5) is 4.79 Å². The van der Waals surface area contributed by atoms with Crippen LogP contribution < -0.4 is 15.5 Å². The van der Waals surface area contributed by atoms with Gasteiger partial charge in [0.2, 0.25) is 0 Å². The second-order valence-corrected chi connectivity index (χ2v) is 6.43. The molecule has 0 aromatic carbocycles. The van der Waals surface area contributed by atoms with Crippen molar-refractivity contribution in [1.82, 2.24) is 10.6 Å². The van der Waals surface area contributed by atoms with Crippen molar-refractivity contribution >= 4 is 11.9 Å². The van der Waals surface area contributed by atoms with Crippen molar-refractivity contribution in [1.29, 1.82) is 0 Å². The maximum absolute atomic E-state index is 11.8. The summed E-state index contributed by atoms with van der Waals surface area (Å²) in [6.45, 7) is 11.5. The number of likely N-dealkylation sites (tertiary alicyclic amines) is 1. The molecule has 1 heterocycles. The van der Waals surface area contributed by atoms with E-state index < -0.39 is 0 Å². The van der Waals surface area contributed by atoms with Crippen molar-refractivity contribution in [3.05, 3.63) is 0 Å². The zero-order valence-corrected chi connectivity index (χ0v) is 12.6. The predicted molar refractivity (Wildman–Crippen MR) is 74.9 cm³/mol. The van der Waals surface area contributed by atoms with E-state index >= 15 is 0 Å². The van der Waals surface area contributed by atoms with Crippen molar-refractivity contribution in [2.24, 2.45) is 17.8 Å². The van der Waals surface area contributed by atoms with E-state index in [1.54, 1.807) is 0 Å². The Labute approximate surface area is 116 Å². The van der Waals surface area contributed by atoms with Crippen LogP contribution >= 0.6 is 0 Å². The molecule has 0 saturated carbocycles. The average molecular weight is 270 g/mol. The second-order valence-electron chi connectivity index (χ2n) is 6.43. The second kappa shape index (κ2) is 7.48. The van der Waals surface area contributed by atoms with Crippen LogP contribution in [0.15, 0.2) is 0 Å². The van der Waals surface area contributed by atoms with Gasteiger partial charge in [0.15, 0.2) is 6.54 Å². The molecule has 0 aliphatic carbocycles. The van der Waals surface area contributed by atoms with Crippen molar-refractivity contribution in [2.45, 2.75) is 34.1 Å². The van der Waals surface area contributed by atoms with Crippen LogP contribution in [0.2, 0.25) is 0 Å². The lowest BCUT2D eigenvalue weighted by Crippen LogP contribution is -3.15. The minimum Gasteiger partial charge on any atom is -0.338 e. The number of carbonyl (C=O) groups is 2. The van der Waals surface area contributed by atoms with Gasteiger partial charge in [-0.25, -0.2) is 4.79 Å². The maximum Gasteiger partial charge on any atom is 0.321 e. The third-order valence-electron chi connectivity index (χ3n) is 3.41. The Kier molecular flexibility index (Phi) is 6.28. The summed E-state index contributed by atoms with van der Waals surface area (Å²) in [7, 11) is 0. The lowest BCUT2D eigenvalue weighted by atomic mass is 9.92. The molecule has 3 N–H and O–H groups in total. The highest BCUT2D eigenvalue weighted by molar-refractivity contribution is 5.94. The van der Waals surface area contributed by atoms with Gasteiger partial charge in [0.1, 0.15) is 0 Å². The molecule has 1 fully saturated rings. The Morgan fingerprint density at radius 2 is 1.79 bits per heavy atom. The molecule has 110 valence electrons. The van der Waals surface area contributed by atoms with E-state index in [9.17, 15) is 9.59 Å². The highest BCUT2D eigenvalue weighted by Crippen LogP contribution is 2.11. The van der Waals surface area contributed by atoms with Crippen molar-refractivity contribution in [3.63, 3.8) is 0 Å². The predicted octanol–water partition coefficient (Wildman–Crippen LogP) is 0.0290. The van der Waals surface area contributed by atoms with E-state index in [1.165, 1.54) is 11.3 Å². The molecule has 5 heteroatoms. The van der Waals surface area contributed by atoms with Gasteiger partial charge in [-0.3, -0.25) is 10.1 Å². The fourth-order valence-corrected chi connectivity index (χ4v) is 2.81. The smallest absolute Gasteiger partial charge is 0.321 e. The number of amides is 3. The molecule has 0 unspecified atom stereocenters. The lowest BCUT2D eigenvalue weighted by Gasteiger charge is -2.31. The number of urea groups is 1. The van der Waals surface area contributed by atoms with Gasteiger partial charge in [0, 0.05) is 18.4 Å². The first-order chi connectivity index (χ1) is 8.86. The Morgan fingerprint density at radius 1 is 1.21 bits per heavy atom. The number of imide groups is 1. The Morgan fingerprint density at radius 3 is 2.32 bits per heavy atom. The SMILES string of the molecule is CC(C)CNC(=O)NC(=O)C[NH+]1C[C@@H](C)C[C@H](C)C1. The number of carbonyl (C=O) groups excluding carboxylic acids is 2. The number of nitrogens with one attached hydrogen (secondary N) is 3. The quantitative estimate of drug-likeness (QED) is 0.675. The number of quaternary nitrogens is 1. The standard InChI is InChI=1S/C14H27N3O2/c1-10(2)6-15-14(19)16-13(18)9-17-7-11(3)5-12(4)8-17/h10-12H,5-9H2,1-4H3,(H2,15,16,18,19)/p+1/t11-,12-/m0/s1. The molecule has 3 amide bonds. The molecule has 1 aliphatic heterocycles. The molecule has 19 heavy (non-hydrogen) atoms. The Balaban J connectivity index is 2.28. The van der Waals surface area contributed by atoms with Crippen LogP contribution in [0.3, 0.4) is 0 Å². The van der Waals surface area contributed by atoms with Crippen molar-refractivity contribution in [2.75, 3.05) is 26.2 Å². The first-order valence-corrected chi connectivity index (χ1v) is 7.28. The topological polar surface area (TPSA) is 62.6 Å². The van der Waals surface area contributed by atoms with E-state index in [-0.39, 0.29) is 11.9 Å². The molecule has 0 bridgehead atoms. The maximum atomic E-state index is 11.8. The number of hydrogen-bond acceptors (Lipinski definition) is 2.